The number of ether oxygens (including phenoxy) is 5. The minimum Gasteiger partial charge on any atom is -0.495 e. The van der Waals surface area contributed by atoms with E-state index in [1.165, 1.54) is 55.5 Å². The number of nitrogens with one attached hydrogen (secondary N) is 2. The van der Waals surface area contributed by atoms with Crippen molar-refractivity contribution in [2.75, 3.05) is 45.5 Å². The number of epoxide rings is 1. The summed E-state index contributed by atoms with van der Waals surface area (Å²) in [6.07, 6.45) is 0.235. The number of aromatic hydroxyl groups is 2. The number of aliphatic hydroxyl groups excluding tert-OH is 1. The lowest BCUT2D eigenvalue weighted by atomic mass is 9.83. The molecule has 2 aromatic rings. The summed E-state index contributed by atoms with van der Waals surface area (Å²) < 4.78 is 30.8. The zero-order valence-corrected chi connectivity index (χ0v) is 42.1. The normalized spacial score (nSPS) is 27.1. The smallest absolute Gasteiger partial charge is 0.328 e. The highest BCUT2D eigenvalue weighted by Gasteiger charge is 2.64. The van der Waals surface area contributed by atoms with Gasteiger partial charge in [0, 0.05) is 71.3 Å². The Morgan fingerprint density at radius 1 is 1.17 bits per heavy atom. The van der Waals surface area contributed by atoms with Crippen molar-refractivity contribution in [2.45, 2.75) is 139 Å². The highest BCUT2D eigenvalue weighted by molar-refractivity contribution is 7.99. The molecule has 3 aliphatic rings. The van der Waals surface area contributed by atoms with Gasteiger partial charge < -0.3 is 65.0 Å². The van der Waals surface area contributed by atoms with Gasteiger partial charge in [0.1, 0.15) is 40.4 Å². The zero-order chi connectivity index (χ0) is 51.1. The fourth-order valence-corrected chi connectivity index (χ4v) is 9.72. The first kappa shape index (κ1) is 55.2. The number of carbonyl (C=O) groups excluding carboxylic acids is 5. The van der Waals surface area contributed by atoms with Crippen molar-refractivity contribution < 1.29 is 68.1 Å². The maximum absolute atomic E-state index is 14.3. The van der Waals surface area contributed by atoms with Gasteiger partial charge in [-0.1, -0.05) is 42.3 Å². The van der Waals surface area contributed by atoms with Crippen LogP contribution >= 0.6 is 23.4 Å². The second-order valence-electron chi connectivity index (χ2n) is 18.1. The van der Waals surface area contributed by atoms with Gasteiger partial charge in [-0.15, -0.1) is 11.8 Å². The number of rotatable bonds is 16. The van der Waals surface area contributed by atoms with Gasteiger partial charge in [0.25, 0.3) is 0 Å². The molecule has 10 unspecified atom stereocenters. The Labute approximate surface area is 411 Å². The third kappa shape index (κ3) is 13.4. The average Bonchev–Trinajstić information content (AvgIpc) is 3.92. The number of ketones is 1. The molecule has 22 heteroatoms. The topological polar surface area (TPSA) is 277 Å². The van der Waals surface area contributed by atoms with Crippen LogP contribution in [-0.4, -0.2) is 154 Å². The number of aromatic nitrogens is 1. The summed E-state index contributed by atoms with van der Waals surface area (Å²) in [5.74, 6) is -3.01. The van der Waals surface area contributed by atoms with Crippen LogP contribution in [0.5, 0.6) is 17.5 Å². The van der Waals surface area contributed by atoms with Crippen molar-refractivity contribution in [2.24, 2.45) is 11.7 Å². The third-order valence-electron chi connectivity index (χ3n) is 12.9. The maximum atomic E-state index is 14.3. The van der Waals surface area contributed by atoms with Gasteiger partial charge in [0.15, 0.2) is 11.6 Å². The molecule has 1 aromatic carbocycles. The molecule has 0 saturated carbocycles. The molecule has 0 spiro atoms. The largest absolute Gasteiger partial charge is 0.495 e. The van der Waals surface area contributed by atoms with E-state index in [-0.39, 0.29) is 78.4 Å². The first-order valence-electron chi connectivity index (χ1n) is 22.7. The molecule has 0 radical (unpaired) electrons. The lowest BCUT2D eigenvalue weighted by Gasteiger charge is -2.44. The summed E-state index contributed by atoms with van der Waals surface area (Å²) in [5.41, 5.74) is 4.93. The highest BCUT2D eigenvalue weighted by atomic mass is 35.5. The molecule has 3 amide bonds. The van der Waals surface area contributed by atoms with Crippen LogP contribution in [0.25, 0.3) is 0 Å². The number of methoxy groups -OCH3 is 2. The second-order valence-corrected chi connectivity index (χ2v) is 19.6. The molecular weight excluding hydrogens is 940 g/mol. The number of hydrogen-bond acceptors (Lipinski definition) is 17. The fraction of sp³-hybridized carbons (Fsp3) is 0.596. The Morgan fingerprint density at radius 3 is 2.55 bits per heavy atom. The minimum absolute atomic E-state index is 0.0221. The number of amides is 3. The van der Waals surface area contributed by atoms with Crippen LogP contribution in [0.15, 0.2) is 46.9 Å². The van der Waals surface area contributed by atoms with Crippen LogP contribution in [0.2, 0.25) is 5.02 Å². The summed E-state index contributed by atoms with van der Waals surface area (Å²) in [4.78, 5) is 68.2. The Balaban J connectivity index is 1.32. The summed E-state index contributed by atoms with van der Waals surface area (Å²) in [7, 11) is 5.88. The van der Waals surface area contributed by atoms with Crippen LogP contribution < -0.4 is 26.0 Å². The van der Waals surface area contributed by atoms with Crippen molar-refractivity contribution >= 4 is 58.5 Å². The SMILES string of the molecule is COc1cc2cc(c1Cl)N(C)C(=O)CC(OC(=O)C(C)N(C)C(=O)CCCn1c(O)cc(SCC(N)C(=O)NCCC(C)=O)c1O)C1(C)OC1C(C)C1CC(O)(NC(O)O1)C(OC)C=CC=C(C)C2. The minimum atomic E-state index is -1.79. The third-order valence-corrected chi connectivity index (χ3v) is 14.5. The number of anilines is 1. The van der Waals surface area contributed by atoms with E-state index >= 15 is 0 Å². The number of nitrogens with zero attached hydrogens (tertiary/aromatic N) is 3. The van der Waals surface area contributed by atoms with Gasteiger partial charge in [-0.05, 0) is 58.2 Å². The molecule has 20 nitrogen and oxygen atoms in total. The van der Waals surface area contributed by atoms with Gasteiger partial charge in [0.2, 0.25) is 30.0 Å². The molecular formula is C47H67ClN6O14S. The zero-order valence-electron chi connectivity index (χ0n) is 40.5. The first-order valence-corrected chi connectivity index (χ1v) is 24.0. The highest BCUT2D eigenvalue weighted by Crippen LogP contribution is 2.49. The number of thioether (sulfide) groups is 1. The van der Waals surface area contributed by atoms with Gasteiger partial charge >= 0.3 is 5.97 Å². The van der Waals surface area contributed by atoms with E-state index in [0.717, 1.165) is 22.9 Å². The molecule has 382 valence electrons. The van der Waals surface area contributed by atoms with Gasteiger partial charge in [-0.2, -0.15) is 0 Å². The van der Waals surface area contributed by atoms with E-state index < -0.39 is 83.8 Å². The average molecular weight is 1010 g/mol. The number of benzene rings is 1. The molecule has 5 rings (SSSR count). The van der Waals surface area contributed by atoms with E-state index in [1.54, 1.807) is 45.2 Å². The Bertz CT molecular complexity index is 2280. The van der Waals surface area contributed by atoms with Crippen molar-refractivity contribution in [3.05, 3.63) is 52.6 Å². The number of aliphatic hydroxyl groups is 2. The molecule has 2 fully saturated rings. The molecule has 4 heterocycles. The molecule has 2 saturated heterocycles. The lowest BCUT2D eigenvalue weighted by molar-refractivity contribution is -0.271. The van der Waals surface area contributed by atoms with Gasteiger partial charge in [-0.3, -0.25) is 23.7 Å². The summed E-state index contributed by atoms with van der Waals surface area (Å²) in [6, 6.07) is 2.76. The fourth-order valence-electron chi connectivity index (χ4n) is 8.47. The van der Waals surface area contributed by atoms with Crippen molar-refractivity contribution in [1.82, 2.24) is 20.1 Å². The summed E-state index contributed by atoms with van der Waals surface area (Å²) >= 11 is 7.86. The molecule has 1 aromatic heterocycles. The molecule has 4 bridgehead atoms. The molecule has 3 aliphatic heterocycles. The Morgan fingerprint density at radius 2 is 1.88 bits per heavy atom. The number of likely N-dealkylation sites (N-methyl/N-ethyl adjacent to an activating group) is 1. The predicted octanol–water partition coefficient (Wildman–Crippen LogP) is 2.88. The summed E-state index contributed by atoms with van der Waals surface area (Å²) in [5, 5.41) is 49.6. The number of carbonyl (C=O) groups is 5. The van der Waals surface area contributed by atoms with E-state index in [4.69, 9.17) is 41.0 Å². The Kier molecular flexibility index (Phi) is 18.8. The van der Waals surface area contributed by atoms with E-state index in [1.807, 2.05) is 13.0 Å². The van der Waals surface area contributed by atoms with Crippen LogP contribution in [0.3, 0.4) is 0 Å². The van der Waals surface area contributed by atoms with Gasteiger partial charge in [0.05, 0.1) is 42.4 Å². The van der Waals surface area contributed by atoms with Crippen LogP contribution in [-0.2, 0) is 55.9 Å². The monoisotopic (exact) mass is 1010 g/mol. The van der Waals surface area contributed by atoms with Gasteiger partial charge in [-0.25, -0.2) is 10.1 Å². The van der Waals surface area contributed by atoms with Crippen molar-refractivity contribution in [3.63, 3.8) is 0 Å². The number of halogens is 1. The van der Waals surface area contributed by atoms with Crippen LogP contribution in [0.1, 0.15) is 72.3 Å². The number of nitrogens with two attached hydrogens (primary N) is 1. The number of Topliss-reactive ketones (excluding diaryl/α,β-unsaturated/α-hetero) is 1. The number of hydrogen-bond donors (Lipinski definition) is 7. The molecule has 69 heavy (non-hydrogen) atoms. The molecule has 0 aliphatic carbocycles. The molecule has 8 N–H and O–H groups in total. The number of esters is 1. The van der Waals surface area contributed by atoms with Crippen LogP contribution in [0.4, 0.5) is 5.69 Å². The van der Waals surface area contributed by atoms with E-state index in [9.17, 15) is 44.4 Å². The van der Waals surface area contributed by atoms with Crippen molar-refractivity contribution in [1.29, 1.82) is 0 Å². The lowest BCUT2D eigenvalue weighted by Crippen LogP contribution is -2.65. The van der Waals surface area contributed by atoms with Crippen LogP contribution in [0, 0.1) is 5.92 Å². The Hall–Kier alpha value is -4.71. The number of allylic oxidation sites excluding steroid dienone is 3. The predicted molar refractivity (Wildman–Crippen MR) is 256 cm³/mol. The molecule has 10 atom stereocenters. The van der Waals surface area contributed by atoms with Crippen molar-refractivity contribution in [3.8, 4) is 17.5 Å². The van der Waals surface area contributed by atoms with E-state index in [0.29, 0.717) is 17.9 Å². The number of fused-ring (bicyclic) bond motifs is 5. The first-order chi connectivity index (χ1) is 32.4. The second kappa shape index (κ2) is 23.5. The summed E-state index contributed by atoms with van der Waals surface area (Å²) in [6.45, 7) is 8.47. The standard InChI is InChI=1S/C47H67ClN6O14S/c1-25-12-10-13-35(65-9)47(63)23-33(66-45(62)51-47)27(3)41-46(5,68-41)36(22-38(57)53(7)31-19-29(18-25)20-32(64-8)40(31)48)67-44(61)28(4)52(6)37(56)14-11-17-54-39(58)21-34(43(54)60)69-24-30(49)42(59)50-16-15-26(2)55/h10,12-13,19-21,27-28,30,33,35-36,41,45,51,58,60,62-63H,11,14-18,22-24,49H2,1-9H3,(H,50,59). The van der Waals surface area contributed by atoms with E-state index in [2.05, 4.69) is 10.6 Å². The quantitative estimate of drug-likeness (QED) is 0.0724. The maximum Gasteiger partial charge on any atom is 0.328 e.